The van der Waals surface area contributed by atoms with E-state index in [0.29, 0.717) is 11.6 Å². The molecule has 2 saturated carbocycles. The second-order valence-electron chi connectivity index (χ2n) is 5.93. The van der Waals surface area contributed by atoms with Crippen LogP contribution >= 0.6 is 0 Å². The molecule has 0 spiro atoms. The average molecular weight is 275 g/mol. The van der Waals surface area contributed by atoms with Gasteiger partial charge in [-0.1, -0.05) is 19.3 Å². The number of anilines is 1. The van der Waals surface area contributed by atoms with Crippen LogP contribution in [0.3, 0.4) is 0 Å². The number of fused-ring (bicyclic) bond motifs is 1. The SMILES string of the molecule is Cc1nnc(N/N=C2\CC[C@@H]3CCCC[C@@H]3C2)[nH]c1=O. The predicted molar refractivity (Wildman–Crippen MR) is 77.7 cm³/mol. The van der Waals surface area contributed by atoms with Gasteiger partial charge >= 0.3 is 0 Å². The van der Waals surface area contributed by atoms with Gasteiger partial charge in [0.05, 0.1) is 0 Å². The van der Waals surface area contributed by atoms with E-state index in [1.807, 2.05) is 0 Å². The fourth-order valence-electron chi connectivity index (χ4n) is 3.37. The van der Waals surface area contributed by atoms with Crippen molar-refractivity contribution in [3.05, 3.63) is 16.0 Å². The molecule has 0 bridgehead atoms. The lowest BCUT2D eigenvalue weighted by atomic mass is 9.70. The van der Waals surface area contributed by atoms with Gasteiger partial charge in [0.15, 0.2) is 0 Å². The third-order valence-electron chi connectivity index (χ3n) is 4.55. The van der Waals surface area contributed by atoms with Crippen molar-refractivity contribution in [2.75, 3.05) is 5.43 Å². The number of nitrogens with one attached hydrogen (secondary N) is 2. The third kappa shape index (κ3) is 2.89. The lowest BCUT2D eigenvalue weighted by molar-refractivity contribution is 0.218. The van der Waals surface area contributed by atoms with Crippen LogP contribution in [0, 0.1) is 18.8 Å². The standard InChI is InChI=1S/C14H21N5O/c1-9-13(20)15-14(18-16-9)19-17-12-7-6-10-4-2-3-5-11(10)8-12/h10-11H,2-8H2,1H3,(H2,15,18,19,20)/b17-12+/t10-,11+/m0/s1. The number of aromatic amines is 1. The van der Waals surface area contributed by atoms with E-state index in [0.717, 1.165) is 24.7 Å². The Labute approximate surface area is 118 Å². The molecule has 3 rings (SSSR count). The molecule has 0 aromatic carbocycles. The highest BCUT2D eigenvalue weighted by atomic mass is 16.1. The van der Waals surface area contributed by atoms with E-state index >= 15 is 0 Å². The second-order valence-corrected chi connectivity index (χ2v) is 5.93. The Bertz CT molecular complexity index is 565. The van der Waals surface area contributed by atoms with Crippen molar-refractivity contribution in [1.82, 2.24) is 15.2 Å². The summed E-state index contributed by atoms with van der Waals surface area (Å²) >= 11 is 0. The molecule has 108 valence electrons. The summed E-state index contributed by atoms with van der Waals surface area (Å²) in [5, 5.41) is 12.1. The van der Waals surface area contributed by atoms with Crippen LogP contribution in [0.5, 0.6) is 0 Å². The maximum atomic E-state index is 11.4. The number of hydrogen-bond acceptors (Lipinski definition) is 5. The van der Waals surface area contributed by atoms with Crippen molar-refractivity contribution in [2.45, 2.75) is 51.9 Å². The maximum absolute atomic E-state index is 11.4. The zero-order chi connectivity index (χ0) is 13.9. The average Bonchev–Trinajstić information content (AvgIpc) is 2.48. The molecular formula is C14H21N5O. The minimum atomic E-state index is -0.223. The van der Waals surface area contributed by atoms with Gasteiger partial charge in [-0.25, -0.2) is 5.43 Å². The van der Waals surface area contributed by atoms with Crippen LogP contribution in [0.4, 0.5) is 5.95 Å². The first-order chi connectivity index (χ1) is 9.72. The predicted octanol–water partition coefficient (Wildman–Crippen LogP) is 2.23. The second kappa shape index (κ2) is 5.73. The van der Waals surface area contributed by atoms with Crippen molar-refractivity contribution in [2.24, 2.45) is 16.9 Å². The summed E-state index contributed by atoms with van der Waals surface area (Å²) < 4.78 is 0. The molecule has 2 aliphatic rings. The highest BCUT2D eigenvalue weighted by molar-refractivity contribution is 5.85. The molecule has 1 aromatic rings. The molecular weight excluding hydrogens is 254 g/mol. The van der Waals surface area contributed by atoms with Gasteiger partial charge in [0.1, 0.15) is 5.69 Å². The zero-order valence-electron chi connectivity index (χ0n) is 11.9. The molecule has 0 unspecified atom stereocenters. The molecule has 2 N–H and O–H groups in total. The number of aromatic nitrogens is 3. The molecule has 2 aliphatic carbocycles. The summed E-state index contributed by atoms with van der Waals surface area (Å²) in [5.41, 5.74) is 4.17. The molecule has 1 aromatic heterocycles. The maximum Gasteiger partial charge on any atom is 0.274 e. The van der Waals surface area contributed by atoms with Crippen LogP contribution in [0.1, 0.15) is 50.6 Å². The Morgan fingerprint density at radius 1 is 1.20 bits per heavy atom. The first-order valence-corrected chi connectivity index (χ1v) is 7.47. The Hall–Kier alpha value is -1.72. The largest absolute Gasteiger partial charge is 0.288 e. The van der Waals surface area contributed by atoms with Crippen molar-refractivity contribution in [3.63, 3.8) is 0 Å². The Kier molecular flexibility index (Phi) is 3.80. The highest BCUT2D eigenvalue weighted by Crippen LogP contribution is 2.39. The zero-order valence-corrected chi connectivity index (χ0v) is 11.9. The minimum Gasteiger partial charge on any atom is -0.288 e. The molecule has 0 radical (unpaired) electrons. The molecule has 6 heteroatoms. The smallest absolute Gasteiger partial charge is 0.274 e. The van der Waals surface area contributed by atoms with Gasteiger partial charge in [0.2, 0.25) is 5.95 Å². The molecule has 6 nitrogen and oxygen atoms in total. The van der Waals surface area contributed by atoms with Crippen molar-refractivity contribution in [3.8, 4) is 0 Å². The van der Waals surface area contributed by atoms with E-state index in [4.69, 9.17) is 0 Å². The molecule has 0 aliphatic heterocycles. The summed E-state index contributed by atoms with van der Waals surface area (Å²) in [6.07, 6.45) is 8.87. The normalized spacial score (nSPS) is 28.1. The van der Waals surface area contributed by atoms with Crippen molar-refractivity contribution in [1.29, 1.82) is 0 Å². The van der Waals surface area contributed by atoms with E-state index in [1.165, 1.54) is 37.8 Å². The van der Waals surface area contributed by atoms with Crippen LogP contribution in [0.2, 0.25) is 0 Å². The van der Waals surface area contributed by atoms with Gasteiger partial charge < -0.3 is 0 Å². The molecule has 20 heavy (non-hydrogen) atoms. The number of aryl methyl sites for hydroxylation is 1. The molecule has 2 atom stereocenters. The van der Waals surface area contributed by atoms with Gasteiger partial charge in [-0.15, -0.1) is 10.2 Å². The fraction of sp³-hybridized carbons (Fsp3) is 0.714. The van der Waals surface area contributed by atoms with Gasteiger partial charge in [-0.2, -0.15) is 5.10 Å². The summed E-state index contributed by atoms with van der Waals surface area (Å²) in [6.45, 7) is 1.63. The fourth-order valence-corrected chi connectivity index (χ4v) is 3.37. The van der Waals surface area contributed by atoms with Crippen molar-refractivity contribution < 1.29 is 0 Å². The first kappa shape index (κ1) is 13.3. The Balaban J connectivity index is 1.64. The lowest BCUT2D eigenvalue weighted by Crippen LogP contribution is -2.28. The van der Waals surface area contributed by atoms with E-state index in [2.05, 4.69) is 25.7 Å². The van der Waals surface area contributed by atoms with Crippen LogP contribution in [-0.4, -0.2) is 20.9 Å². The highest BCUT2D eigenvalue weighted by Gasteiger charge is 2.30. The van der Waals surface area contributed by atoms with Crippen LogP contribution in [-0.2, 0) is 0 Å². The van der Waals surface area contributed by atoms with E-state index < -0.39 is 0 Å². The van der Waals surface area contributed by atoms with Crippen molar-refractivity contribution >= 4 is 11.7 Å². The summed E-state index contributed by atoms with van der Waals surface area (Å²) in [5.74, 6) is 2.03. The number of H-pyrrole nitrogens is 1. The van der Waals surface area contributed by atoms with E-state index in [1.54, 1.807) is 6.92 Å². The summed E-state index contributed by atoms with van der Waals surface area (Å²) in [7, 11) is 0. The van der Waals surface area contributed by atoms with E-state index in [-0.39, 0.29) is 5.56 Å². The monoisotopic (exact) mass is 275 g/mol. The van der Waals surface area contributed by atoms with Gasteiger partial charge in [0, 0.05) is 5.71 Å². The Morgan fingerprint density at radius 3 is 2.80 bits per heavy atom. The summed E-state index contributed by atoms with van der Waals surface area (Å²) in [4.78, 5) is 14.1. The third-order valence-corrected chi connectivity index (χ3v) is 4.55. The first-order valence-electron chi connectivity index (χ1n) is 7.47. The van der Waals surface area contributed by atoms with Gasteiger partial charge in [0.25, 0.3) is 5.56 Å². The molecule has 0 amide bonds. The van der Waals surface area contributed by atoms with Crippen LogP contribution in [0.15, 0.2) is 9.90 Å². The van der Waals surface area contributed by atoms with E-state index in [9.17, 15) is 4.79 Å². The number of hydrazone groups is 1. The molecule has 2 fully saturated rings. The number of hydrogen-bond donors (Lipinski definition) is 2. The Morgan fingerprint density at radius 2 is 2.00 bits per heavy atom. The number of rotatable bonds is 2. The number of nitrogens with zero attached hydrogens (tertiary/aromatic N) is 3. The van der Waals surface area contributed by atoms with Gasteiger partial charge in [-0.05, 0) is 44.4 Å². The molecule has 1 heterocycles. The summed E-state index contributed by atoms with van der Waals surface area (Å²) in [6, 6.07) is 0. The quantitative estimate of drug-likeness (QED) is 0.811. The van der Waals surface area contributed by atoms with Gasteiger partial charge in [-0.3, -0.25) is 9.78 Å². The minimum absolute atomic E-state index is 0.223. The topological polar surface area (TPSA) is 83.0 Å². The van der Waals surface area contributed by atoms with Crippen LogP contribution in [0.25, 0.3) is 0 Å². The molecule has 0 saturated heterocycles. The van der Waals surface area contributed by atoms with Crippen LogP contribution < -0.4 is 11.0 Å². The lowest BCUT2D eigenvalue weighted by Gasteiger charge is -2.35.